The summed E-state index contributed by atoms with van der Waals surface area (Å²) >= 11 is 0. The Labute approximate surface area is 166 Å². The Bertz CT molecular complexity index is 998. The molecule has 0 bridgehead atoms. The van der Waals surface area contributed by atoms with Gasteiger partial charge in [0, 0.05) is 23.4 Å². The number of carbonyl (C=O) groups is 1. The first-order valence-corrected chi connectivity index (χ1v) is 8.95. The van der Waals surface area contributed by atoms with E-state index in [9.17, 15) is 18.0 Å². The molecule has 2 aromatic carbocycles. The Morgan fingerprint density at radius 2 is 1.72 bits per heavy atom. The molecule has 8 heteroatoms. The first-order valence-electron chi connectivity index (χ1n) is 8.95. The Balaban J connectivity index is 1.69. The zero-order chi connectivity index (χ0) is 21.0. The van der Waals surface area contributed by atoms with E-state index in [0.29, 0.717) is 0 Å². The highest BCUT2D eigenvalue weighted by Gasteiger charge is 2.32. The first-order chi connectivity index (χ1) is 13.7. The number of hydrogen-bond donors (Lipinski definition) is 1. The van der Waals surface area contributed by atoms with Gasteiger partial charge in [-0.15, -0.1) is 13.2 Å². The minimum Gasteiger partial charge on any atom is -0.405 e. The molecule has 0 unspecified atom stereocenters. The van der Waals surface area contributed by atoms with Crippen molar-refractivity contribution < 1.29 is 22.7 Å². The van der Waals surface area contributed by atoms with Gasteiger partial charge in [-0.05, 0) is 32.0 Å². The van der Waals surface area contributed by atoms with Gasteiger partial charge < -0.3 is 10.1 Å². The van der Waals surface area contributed by atoms with E-state index < -0.39 is 6.36 Å². The molecule has 1 N–H and O–H groups in total. The molecule has 5 nitrogen and oxygen atoms in total. The van der Waals surface area contributed by atoms with Crippen molar-refractivity contribution in [2.24, 2.45) is 0 Å². The number of ether oxygens (including phenoxy) is 1. The number of benzene rings is 2. The third-order valence-corrected chi connectivity index (χ3v) is 4.45. The standard InChI is InChI=1S/C21H20F3N3O2/c1-14-18(15(2)27(26-14)17-9-4-3-5-10-17)12-20(28)25-13-16-8-6-7-11-19(16)29-21(22,23)24/h3-11H,12-13H2,1-2H3,(H,25,28). The van der Waals surface area contributed by atoms with Crippen LogP contribution in [0.3, 0.4) is 0 Å². The maximum Gasteiger partial charge on any atom is 0.573 e. The van der Waals surface area contributed by atoms with Crippen LogP contribution in [0.15, 0.2) is 54.6 Å². The molecule has 3 aromatic rings. The van der Waals surface area contributed by atoms with Gasteiger partial charge in [0.1, 0.15) is 5.75 Å². The van der Waals surface area contributed by atoms with Crippen molar-refractivity contribution in [1.82, 2.24) is 15.1 Å². The highest BCUT2D eigenvalue weighted by atomic mass is 19.4. The maximum absolute atomic E-state index is 12.5. The summed E-state index contributed by atoms with van der Waals surface area (Å²) < 4.78 is 43.3. The molecule has 29 heavy (non-hydrogen) atoms. The number of hydrogen-bond acceptors (Lipinski definition) is 3. The summed E-state index contributed by atoms with van der Waals surface area (Å²) in [6.45, 7) is 3.62. The number of rotatable bonds is 6. The summed E-state index contributed by atoms with van der Waals surface area (Å²) in [5, 5.41) is 7.15. The number of alkyl halides is 3. The molecule has 0 radical (unpaired) electrons. The Morgan fingerprint density at radius 1 is 1.07 bits per heavy atom. The maximum atomic E-state index is 12.5. The predicted octanol–water partition coefficient (Wildman–Crippen LogP) is 4.25. The molecular formula is C21H20F3N3O2. The summed E-state index contributed by atoms with van der Waals surface area (Å²) in [5.41, 5.74) is 3.47. The van der Waals surface area contributed by atoms with Crippen LogP contribution < -0.4 is 10.1 Å². The van der Waals surface area contributed by atoms with E-state index >= 15 is 0 Å². The Hall–Kier alpha value is -3.29. The summed E-state index contributed by atoms with van der Waals surface area (Å²) in [6.07, 6.45) is -4.72. The van der Waals surface area contributed by atoms with E-state index in [1.165, 1.54) is 18.2 Å². The molecule has 0 aliphatic rings. The van der Waals surface area contributed by atoms with Gasteiger partial charge in [-0.1, -0.05) is 36.4 Å². The molecular weight excluding hydrogens is 383 g/mol. The second kappa shape index (κ2) is 8.38. The fourth-order valence-electron chi connectivity index (χ4n) is 3.04. The van der Waals surface area contributed by atoms with Crippen molar-refractivity contribution >= 4 is 5.91 Å². The second-order valence-electron chi connectivity index (χ2n) is 6.51. The highest BCUT2D eigenvalue weighted by Crippen LogP contribution is 2.26. The largest absolute Gasteiger partial charge is 0.573 e. The molecule has 0 fully saturated rings. The molecule has 0 spiro atoms. The smallest absolute Gasteiger partial charge is 0.405 e. The molecule has 0 saturated heterocycles. The van der Waals surface area contributed by atoms with Gasteiger partial charge in [0.05, 0.1) is 17.8 Å². The van der Waals surface area contributed by atoms with Crippen LogP contribution in [0.2, 0.25) is 0 Å². The van der Waals surface area contributed by atoms with Crippen LogP contribution >= 0.6 is 0 Å². The molecule has 3 rings (SSSR count). The lowest BCUT2D eigenvalue weighted by Gasteiger charge is -2.13. The van der Waals surface area contributed by atoms with Crippen molar-refractivity contribution in [2.45, 2.75) is 33.2 Å². The minimum atomic E-state index is -4.79. The van der Waals surface area contributed by atoms with Crippen LogP contribution in [0.5, 0.6) is 5.75 Å². The zero-order valence-electron chi connectivity index (χ0n) is 16.0. The summed E-state index contributed by atoms with van der Waals surface area (Å²) in [5.74, 6) is -0.643. The monoisotopic (exact) mass is 403 g/mol. The summed E-state index contributed by atoms with van der Waals surface area (Å²) in [4.78, 5) is 12.4. The van der Waals surface area contributed by atoms with Crippen LogP contribution in [-0.4, -0.2) is 22.1 Å². The van der Waals surface area contributed by atoms with E-state index in [-0.39, 0.29) is 30.2 Å². The van der Waals surface area contributed by atoms with E-state index in [1.54, 1.807) is 10.7 Å². The number of para-hydroxylation sites is 2. The second-order valence-corrected chi connectivity index (χ2v) is 6.51. The lowest BCUT2D eigenvalue weighted by Crippen LogP contribution is -2.26. The number of carbonyl (C=O) groups excluding carboxylic acids is 1. The molecule has 1 heterocycles. The van der Waals surface area contributed by atoms with Crippen molar-refractivity contribution in [3.8, 4) is 11.4 Å². The molecule has 152 valence electrons. The van der Waals surface area contributed by atoms with E-state index in [4.69, 9.17) is 0 Å². The fourth-order valence-corrected chi connectivity index (χ4v) is 3.04. The number of aromatic nitrogens is 2. The number of nitrogens with zero attached hydrogens (tertiary/aromatic N) is 2. The van der Waals surface area contributed by atoms with Gasteiger partial charge >= 0.3 is 6.36 Å². The molecule has 0 aliphatic carbocycles. The number of halogens is 3. The number of nitrogens with one attached hydrogen (secondary N) is 1. The number of aryl methyl sites for hydroxylation is 1. The van der Waals surface area contributed by atoms with Crippen LogP contribution in [0.1, 0.15) is 22.5 Å². The van der Waals surface area contributed by atoms with Gasteiger partial charge in [0.25, 0.3) is 0 Å². The van der Waals surface area contributed by atoms with E-state index in [2.05, 4.69) is 15.2 Å². The van der Waals surface area contributed by atoms with Crippen LogP contribution in [-0.2, 0) is 17.8 Å². The third kappa shape index (κ3) is 5.16. The van der Waals surface area contributed by atoms with Crippen LogP contribution in [0.4, 0.5) is 13.2 Å². The third-order valence-electron chi connectivity index (χ3n) is 4.45. The van der Waals surface area contributed by atoms with Crippen molar-refractivity contribution in [3.63, 3.8) is 0 Å². The minimum absolute atomic E-state index is 0.0734. The predicted molar refractivity (Wildman–Crippen MR) is 102 cm³/mol. The molecule has 0 atom stereocenters. The van der Waals surface area contributed by atoms with Gasteiger partial charge in [-0.3, -0.25) is 4.79 Å². The van der Waals surface area contributed by atoms with Crippen molar-refractivity contribution in [2.75, 3.05) is 0 Å². The molecule has 1 amide bonds. The van der Waals surface area contributed by atoms with E-state index in [0.717, 1.165) is 22.6 Å². The summed E-state index contributed by atoms with van der Waals surface area (Å²) in [7, 11) is 0. The topological polar surface area (TPSA) is 56.2 Å². The van der Waals surface area contributed by atoms with Crippen molar-refractivity contribution in [1.29, 1.82) is 0 Å². The van der Waals surface area contributed by atoms with E-state index in [1.807, 2.05) is 44.2 Å². The van der Waals surface area contributed by atoms with Crippen LogP contribution in [0.25, 0.3) is 5.69 Å². The molecule has 0 aliphatic heterocycles. The average molecular weight is 403 g/mol. The number of amides is 1. The highest BCUT2D eigenvalue weighted by molar-refractivity contribution is 5.79. The van der Waals surface area contributed by atoms with Gasteiger partial charge in [-0.2, -0.15) is 5.10 Å². The van der Waals surface area contributed by atoms with Gasteiger partial charge in [-0.25, -0.2) is 4.68 Å². The quantitative estimate of drug-likeness (QED) is 0.670. The SMILES string of the molecule is Cc1nn(-c2ccccc2)c(C)c1CC(=O)NCc1ccccc1OC(F)(F)F. The fraction of sp³-hybridized carbons (Fsp3) is 0.238. The van der Waals surface area contributed by atoms with Crippen LogP contribution in [0, 0.1) is 13.8 Å². The lowest BCUT2D eigenvalue weighted by molar-refractivity contribution is -0.274. The average Bonchev–Trinajstić information content (AvgIpc) is 2.95. The lowest BCUT2D eigenvalue weighted by atomic mass is 10.1. The molecule has 1 aromatic heterocycles. The normalized spacial score (nSPS) is 11.3. The van der Waals surface area contributed by atoms with Crippen molar-refractivity contribution in [3.05, 3.63) is 77.1 Å². The summed E-state index contributed by atoms with van der Waals surface area (Å²) in [6, 6.07) is 15.3. The van der Waals surface area contributed by atoms with Gasteiger partial charge in [0.15, 0.2) is 0 Å². The Kier molecular flexibility index (Phi) is 5.91. The first kappa shape index (κ1) is 20.4. The Morgan fingerprint density at radius 3 is 2.41 bits per heavy atom. The molecule has 0 saturated carbocycles. The zero-order valence-corrected chi connectivity index (χ0v) is 16.0. The van der Waals surface area contributed by atoms with Gasteiger partial charge in [0.2, 0.25) is 5.91 Å².